The zero-order valence-electron chi connectivity index (χ0n) is 13.1. The monoisotopic (exact) mass is 313 g/mol. The number of aryl methyl sites for hydroxylation is 1. The van der Waals surface area contributed by atoms with Crippen LogP contribution in [0.3, 0.4) is 0 Å². The Morgan fingerprint density at radius 2 is 1.78 bits per heavy atom. The lowest BCUT2D eigenvalue weighted by Gasteiger charge is -2.06. The van der Waals surface area contributed by atoms with E-state index in [0.29, 0.717) is 12.1 Å². The zero-order chi connectivity index (χ0) is 16.7. The Balaban J connectivity index is 1.70. The molecule has 2 rings (SSSR count). The largest absolute Gasteiger partial charge is 0.356 e. The standard InChI is InChI=1S/C19H20FNO2/c1-14-3-2-4-15(13-14)11-12-21-19(23)10-9-18(22)16-5-7-17(20)8-6-16/h2-8,13H,9-12H2,1H3,(H,21,23). The summed E-state index contributed by atoms with van der Waals surface area (Å²) in [6, 6.07) is 13.5. The van der Waals surface area contributed by atoms with Crippen molar-refractivity contribution in [2.45, 2.75) is 26.2 Å². The normalized spacial score (nSPS) is 10.3. The van der Waals surface area contributed by atoms with Gasteiger partial charge in [-0.05, 0) is 43.2 Å². The van der Waals surface area contributed by atoms with Gasteiger partial charge in [0.2, 0.25) is 5.91 Å². The summed E-state index contributed by atoms with van der Waals surface area (Å²) in [7, 11) is 0. The first kappa shape index (κ1) is 16.9. The maximum atomic E-state index is 12.8. The van der Waals surface area contributed by atoms with E-state index >= 15 is 0 Å². The number of halogens is 1. The Morgan fingerprint density at radius 1 is 1.04 bits per heavy atom. The molecule has 1 amide bonds. The highest BCUT2D eigenvalue weighted by Crippen LogP contribution is 2.07. The molecule has 0 saturated heterocycles. The summed E-state index contributed by atoms with van der Waals surface area (Å²) in [6.45, 7) is 2.58. The van der Waals surface area contributed by atoms with Crippen molar-refractivity contribution in [2.24, 2.45) is 0 Å². The molecule has 0 aliphatic heterocycles. The van der Waals surface area contributed by atoms with E-state index in [1.165, 1.54) is 35.4 Å². The lowest BCUT2D eigenvalue weighted by molar-refractivity contribution is -0.121. The first-order valence-electron chi connectivity index (χ1n) is 7.65. The molecule has 4 heteroatoms. The number of rotatable bonds is 7. The third-order valence-corrected chi connectivity index (χ3v) is 3.56. The molecule has 1 N–H and O–H groups in total. The van der Waals surface area contributed by atoms with Crippen LogP contribution in [0.1, 0.15) is 34.3 Å². The van der Waals surface area contributed by atoms with E-state index in [1.807, 2.05) is 25.1 Å². The maximum Gasteiger partial charge on any atom is 0.220 e. The number of Topliss-reactive ketones (excluding diaryl/α,β-unsaturated/α-hetero) is 1. The van der Waals surface area contributed by atoms with Crippen LogP contribution in [0.5, 0.6) is 0 Å². The van der Waals surface area contributed by atoms with Crippen molar-refractivity contribution in [3.05, 3.63) is 71.0 Å². The Kier molecular flexibility index (Phi) is 6.03. The fourth-order valence-corrected chi connectivity index (χ4v) is 2.31. The van der Waals surface area contributed by atoms with E-state index in [0.717, 1.165) is 6.42 Å². The van der Waals surface area contributed by atoms with Crippen molar-refractivity contribution in [3.63, 3.8) is 0 Å². The fourth-order valence-electron chi connectivity index (χ4n) is 2.31. The van der Waals surface area contributed by atoms with Crippen molar-refractivity contribution in [2.75, 3.05) is 6.54 Å². The van der Waals surface area contributed by atoms with Crippen LogP contribution in [0.15, 0.2) is 48.5 Å². The topological polar surface area (TPSA) is 46.2 Å². The molecule has 23 heavy (non-hydrogen) atoms. The second-order valence-electron chi connectivity index (χ2n) is 5.52. The van der Waals surface area contributed by atoms with Crippen LogP contribution in [-0.4, -0.2) is 18.2 Å². The van der Waals surface area contributed by atoms with Gasteiger partial charge in [0, 0.05) is 24.9 Å². The minimum absolute atomic E-state index is 0.127. The molecule has 0 spiro atoms. The number of hydrogen-bond acceptors (Lipinski definition) is 2. The maximum absolute atomic E-state index is 12.8. The summed E-state index contributed by atoms with van der Waals surface area (Å²) in [6.07, 6.45) is 1.03. The molecule has 0 aliphatic carbocycles. The van der Waals surface area contributed by atoms with Gasteiger partial charge in [-0.25, -0.2) is 4.39 Å². The average Bonchev–Trinajstić information content (AvgIpc) is 2.53. The SMILES string of the molecule is Cc1cccc(CCNC(=O)CCC(=O)c2ccc(F)cc2)c1. The van der Waals surface area contributed by atoms with Gasteiger partial charge in [0.05, 0.1) is 0 Å². The summed E-state index contributed by atoms with van der Waals surface area (Å²) < 4.78 is 12.8. The number of nitrogens with one attached hydrogen (secondary N) is 1. The number of ketones is 1. The Bertz CT molecular complexity index is 680. The van der Waals surface area contributed by atoms with Gasteiger partial charge < -0.3 is 5.32 Å². The first-order chi connectivity index (χ1) is 11.0. The molecule has 120 valence electrons. The van der Waals surface area contributed by atoms with Crippen molar-refractivity contribution in [1.29, 1.82) is 0 Å². The Labute approximate surface area is 135 Å². The highest BCUT2D eigenvalue weighted by Gasteiger charge is 2.09. The van der Waals surface area contributed by atoms with Crippen LogP contribution in [0.4, 0.5) is 4.39 Å². The van der Waals surface area contributed by atoms with Gasteiger partial charge in [0.15, 0.2) is 5.78 Å². The summed E-state index contributed by atoms with van der Waals surface area (Å²) in [4.78, 5) is 23.7. The van der Waals surface area contributed by atoms with Crippen molar-refractivity contribution >= 4 is 11.7 Å². The molecule has 0 saturated carbocycles. The molecule has 0 aliphatic rings. The van der Waals surface area contributed by atoms with Crippen LogP contribution >= 0.6 is 0 Å². The zero-order valence-corrected chi connectivity index (χ0v) is 13.1. The smallest absolute Gasteiger partial charge is 0.220 e. The number of amides is 1. The van der Waals surface area contributed by atoms with E-state index < -0.39 is 0 Å². The van der Waals surface area contributed by atoms with Gasteiger partial charge in [-0.15, -0.1) is 0 Å². The predicted octanol–water partition coefficient (Wildman–Crippen LogP) is 3.46. The first-order valence-corrected chi connectivity index (χ1v) is 7.65. The van der Waals surface area contributed by atoms with Crippen LogP contribution in [0, 0.1) is 12.7 Å². The molecular weight excluding hydrogens is 293 g/mol. The Hall–Kier alpha value is -2.49. The third kappa shape index (κ3) is 5.66. The van der Waals surface area contributed by atoms with Crippen LogP contribution in [-0.2, 0) is 11.2 Å². The predicted molar refractivity (Wildman–Crippen MR) is 87.9 cm³/mol. The second kappa shape index (κ2) is 8.22. The number of benzene rings is 2. The van der Waals surface area contributed by atoms with Gasteiger partial charge >= 0.3 is 0 Å². The number of carbonyl (C=O) groups is 2. The average molecular weight is 313 g/mol. The van der Waals surface area contributed by atoms with Crippen LogP contribution in [0.2, 0.25) is 0 Å². The molecule has 2 aromatic rings. The van der Waals surface area contributed by atoms with E-state index in [9.17, 15) is 14.0 Å². The lowest BCUT2D eigenvalue weighted by atomic mass is 10.1. The van der Waals surface area contributed by atoms with Gasteiger partial charge in [-0.2, -0.15) is 0 Å². The van der Waals surface area contributed by atoms with E-state index in [2.05, 4.69) is 11.4 Å². The van der Waals surface area contributed by atoms with E-state index in [4.69, 9.17) is 0 Å². The molecule has 0 fully saturated rings. The van der Waals surface area contributed by atoms with E-state index in [-0.39, 0.29) is 30.3 Å². The highest BCUT2D eigenvalue weighted by molar-refractivity contribution is 5.97. The minimum Gasteiger partial charge on any atom is -0.356 e. The molecule has 2 aromatic carbocycles. The van der Waals surface area contributed by atoms with Crippen LogP contribution in [0.25, 0.3) is 0 Å². The number of hydrogen-bond donors (Lipinski definition) is 1. The minimum atomic E-state index is -0.379. The summed E-state index contributed by atoms with van der Waals surface area (Å²) >= 11 is 0. The third-order valence-electron chi connectivity index (χ3n) is 3.56. The van der Waals surface area contributed by atoms with Gasteiger partial charge in [-0.3, -0.25) is 9.59 Å². The molecule has 0 bridgehead atoms. The van der Waals surface area contributed by atoms with E-state index in [1.54, 1.807) is 0 Å². The fraction of sp³-hybridized carbons (Fsp3) is 0.263. The molecule has 0 aromatic heterocycles. The molecule has 0 radical (unpaired) electrons. The van der Waals surface area contributed by atoms with Gasteiger partial charge in [0.1, 0.15) is 5.82 Å². The highest BCUT2D eigenvalue weighted by atomic mass is 19.1. The number of carbonyl (C=O) groups excluding carboxylic acids is 2. The Morgan fingerprint density at radius 3 is 2.48 bits per heavy atom. The second-order valence-corrected chi connectivity index (χ2v) is 5.52. The molecule has 0 heterocycles. The summed E-state index contributed by atoms with van der Waals surface area (Å²) in [5.41, 5.74) is 2.80. The van der Waals surface area contributed by atoms with Crippen molar-refractivity contribution < 1.29 is 14.0 Å². The van der Waals surface area contributed by atoms with Gasteiger partial charge in [-0.1, -0.05) is 29.8 Å². The molecule has 3 nitrogen and oxygen atoms in total. The molecule has 0 unspecified atom stereocenters. The van der Waals surface area contributed by atoms with Crippen LogP contribution < -0.4 is 5.32 Å². The quantitative estimate of drug-likeness (QED) is 0.796. The molecular formula is C19H20FNO2. The lowest BCUT2D eigenvalue weighted by Crippen LogP contribution is -2.26. The van der Waals surface area contributed by atoms with Crippen molar-refractivity contribution in [1.82, 2.24) is 5.32 Å². The van der Waals surface area contributed by atoms with Crippen molar-refractivity contribution in [3.8, 4) is 0 Å². The molecule has 0 atom stereocenters. The summed E-state index contributed by atoms with van der Waals surface area (Å²) in [5, 5.41) is 2.82. The van der Waals surface area contributed by atoms with Gasteiger partial charge in [0.25, 0.3) is 0 Å². The summed E-state index contributed by atoms with van der Waals surface area (Å²) in [5.74, 6) is -0.678.